The zero-order valence-corrected chi connectivity index (χ0v) is 16.5. The van der Waals surface area contributed by atoms with Crippen LogP contribution in [0.15, 0.2) is 58.1 Å². The Morgan fingerprint density at radius 2 is 2.07 bits per heavy atom. The number of amides is 1. The van der Waals surface area contributed by atoms with Crippen molar-refractivity contribution < 1.29 is 14.3 Å². The summed E-state index contributed by atoms with van der Waals surface area (Å²) in [5.41, 5.74) is 0.461. The smallest absolute Gasteiger partial charge is 0.261 e. The van der Waals surface area contributed by atoms with Gasteiger partial charge >= 0.3 is 0 Å². The van der Waals surface area contributed by atoms with Crippen molar-refractivity contribution in [3.63, 3.8) is 0 Å². The highest BCUT2D eigenvalue weighted by Crippen LogP contribution is 2.30. The van der Waals surface area contributed by atoms with E-state index in [1.807, 2.05) is 30.3 Å². The van der Waals surface area contributed by atoms with Crippen LogP contribution >= 0.6 is 15.9 Å². The maximum atomic E-state index is 12.5. The highest BCUT2D eigenvalue weighted by atomic mass is 79.9. The summed E-state index contributed by atoms with van der Waals surface area (Å²) in [6.07, 6.45) is 1.40. The summed E-state index contributed by atoms with van der Waals surface area (Å²) in [7, 11) is 0. The average molecular weight is 444 g/mol. The molecule has 1 aliphatic rings. The molecule has 0 unspecified atom stereocenters. The molecule has 2 aromatic carbocycles. The van der Waals surface area contributed by atoms with E-state index in [1.165, 1.54) is 10.9 Å². The molecule has 1 aliphatic heterocycles. The molecule has 0 aliphatic carbocycles. The number of nitrogens with one attached hydrogen (secondary N) is 1. The van der Waals surface area contributed by atoms with Crippen LogP contribution in [0.25, 0.3) is 10.9 Å². The second-order valence-electron chi connectivity index (χ2n) is 6.46. The maximum Gasteiger partial charge on any atom is 0.261 e. The minimum atomic E-state index is -0.249. The highest BCUT2D eigenvalue weighted by molar-refractivity contribution is 9.10. The average Bonchev–Trinajstić information content (AvgIpc) is 2.72. The van der Waals surface area contributed by atoms with Gasteiger partial charge in [0.25, 0.3) is 5.56 Å². The van der Waals surface area contributed by atoms with Crippen LogP contribution in [0.4, 0.5) is 0 Å². The van der Waals surface area contributed by atoms with E-state index < -0.39 is 0 Å². The van der Waals surface area contributed by atoms with E-state index in [9.17, 15) is 9.59 Å². The number of fused-ring (bicyclic) bond motifs is 2. The van der Waals surface area contributed by atoms with Crippen LogP contribution in [0.3, 0.4) is 0 Å². The Kier molecular flexibility index (Phi) is 5.29. The minimum absolute atomic E-state index is 0.163. The van der Waals surface area contributed by atoms with Crippen molar-refractivity contribution in [2.75, 3.05) is 13.2 Å². The summed E-state index contributed by atoms with van der Waals surface area (Å²) < 4.78 is 13.7. The van der Waals surface area contributed by atoms with Crippen LogP contribution in [0, 0.1) is 0 Å². The maximum absolute atomic E-state index is 12.5. The van der Waals surface area contributed by atoms with Gasteiger partial charge in [0.05, 0.1) is 23.8 Å². The van der Waals surface area contributed by atoms with Gasteiger partial charge in [-0.2, -0.15) is 0 Å². The normalized spacial score (nSPS) is 15.4. The van der Waals surface area contributed by atoms with E-state index in [4.69, 9.17) is 9.47 Å². The fraction of sp³-hybridized carbons (Fsp3) is 0.250. The molecular weight excluding hydrogens is 426 g/mol. The monoisotopic (exact) mass is 443 g/mol. The zero-order chi connectivity index (χ0) is 19.5. The molecule has 28 heavy (non-hydrogen) atoms. The van der Waals surface area contributed by atoms with Gasteiger partial charge in [0.2, 0.25) is 5.91 Å². The Morgan fingerprint density at radius 3 is 2.93 bits per heavy atom. The second-order valence-corrected chi connectivity index (χ2v) is 7.37. The van der Waals surface area contributed by atoms with Crippen molar-refractivity contribution in [1.82, 2.24) is 14.9 Å². The minimum Gasteiger partial charge on any atom is -0.486 e. The third-order valence-corrected chi connectivity index (χ3v) is 4.95. The van der Waals surface area contributed by atoms with Crippen LogP contribution in [0.1, 0.15) is 6.42 Å². The Hall–Kier alpha value is -2.87. The van der Waals surface area contributed by atoms with Gasteiger partial charge in [0.15, 0.2) is 11.5 Å². The third kappa shape index (κ3) is 4.01. The number of rotatable bonds is 5. The molecule has 0 saturated carbocycles. The SMILES string of the molecule is O=C(CCn1cnc2ccc(Br)cc2c1=O)NC[C@@H]1COc2ccccc2O1. The molecule has 0 spiro atoms. The molecule has 2 heterocycles. The van der Waals surface area contributed by atoms with Gasteiger partial charge in [-0.25, -0.2) is 4.98 Å². The number of carbonyl (C=O) groups is 1. The zero-order valence-electron chi connectivity index (χ0n) is 14.9. The van der Waals surface area contributed by atoms with E-state index in [0.717, 1.165) is 4.47 Å². The van der Waals surface area contributed by atoms with Gasteiger partial charge in [-0.1, -0.05) is 28.1 Å². The molecular formula is C20H18BrN3O4. The summed E-state index contributed by atoms with van der Waals surface area (Å²) in [6, 6.07) is 12.8. The van der Waals surface area contributed by atoms with Crippen LogP contribution in [-0.2, 0) is 11.3 Å². The number of halogens is 1. The van der Waals surface area contributed by atoms with E-state index in [-0.39, 0.29) is 30.5 Å². The summed E-state index contributed by atoms with van der Waals surface area (Å²) in [5.74, 6) is 1.22. The van der Waals surface area contributed by atoms with E-state index in [1.54, 1.807) is 12.1 Å². The summed E-state index contributed by atoms with van der Waals surface area (Å²) >= 11 is 3.36. The molecule has 144 valence electrons. The van der Waals surface area contributed by atoms with E-state index in [0.29, 0.717) is 35.6 Å². The van der Waals surface area contributed by atoms with Crippen LogP contribution in [0.5, 0.6) is 11.5 Å². The van der Waals surface area contributed by atoms with Gasteiger partial charge in [-0.05, 0) is 30.3 Å². The second kappa shape index (κ2) is 8.02. The summed E-state index contributed by atoms with van der Waals surface area (Å²) in [5, 5.41) is 3.35. The molecule has 7 nitrogen and oxygen atoms in total. The fourth-order valence-corrected chi connectivity index (χ4v) is 3.35. The number of para-hydroxylation sites is 2. The molecule has 0 fully saturated rings. The van der Waals surface area contributed by atoms with E-state index in [2.05, 4.69) is 26.2 Å². The predicted octanol–water partition coefficient (Wildman–Crippen LogP) is 2.51. The molecule has 1 atom stereocenters. The quantitative estimate of drug-likeness (QED) is 0.654. The van der Waals surface area contributed by atoms with Gasteiger partial charge < -0.3 is 14.8 Å². The Labute approximate surface area is 169 Å². The fourth-order valence-electron chi connectivity index (χ4n) is 2.99. The van der Waals surface area contributed by atoms with Gasteiger partial charge in [-0.15, -0.1) is 0 Å². The van der Waals surface area contributed by atoms with Gasteiger partial charge in [0, 0.05) is 17.4 Å². The number of hydrogen-bond acceptors (Lipinski definition) is 5. The van der Waals surface area contributed by atoms with Crippen LogP contribution < -0.4 is 20.3 Å². The first-order valence-electron chi connectivity index (χ1n) is 8.90. The number of nitrogens with zero attached hydrogens (tertiary/aromatic N) is 2. The molecule has 0 bridgehead atoms. The number of aromatic nitrogens is 2. The van der Waals surface area contributed by atoms with E-state index >= 15 is 0 Å². The largest absolute Gasteiger partial charge is 0.486 e. The number of ether oxygens (including phenoxy) is 2. The summed E-state index contributed by atoms with van der Waals surface area (Å²) in [4.78, 5) is 29.0. The number of carbonyl (C=O) groups excluding carboxylic acids is 1. The van der Waals surface area contributed by atoms with Crippen LogP contribution in [-0.4, -0.2) is 34.7 Å². The lowest BCUT2D eigenvalue weighted by Gasteiger charge is -2.26. The van der Waals surface area contributed by atoms with Gasteiger partial charge in [-0.3, -0.25) is 14.2 Å². The Balaban J connectivity index is 1.32. The highest BCUT2D eigenvalue weighted by Gasteiger charge is 2.21. The third-order valence-electron chi connectivity index (χ3n) is 4.46. The molecule has 4 rings (SSSR count). The lowest BCUT2D eigenvalue weighted by atomic mass is 10.2. The number of benzene rings is 2. The van der Waals surface area contributed by atoms with Crippen molar-refractivity contribution in [1.29, 1.82) is 0 Å². The van der Waals surface area contributed by atoms with Crippen molar-refractivity contribution in [3.8, 4) is 11.5 Å². The standard InChI is InChI=1S/C20H18BrN3O4/c21-13-5-6-16-15(9-13)20(26)24(12-23-16)8-7-19(25)22-10-14-11-27-17-3-1-2-4-18(17)28-14/h1-6,9,12,14H,7-8,10-11H2,(H,22,25)/t14-/m1/s1. The van der Waals surface area contributed by atoms with Crippen molar-refractivity contribution in [3.05, 3.63) is 63.6 Å². The molecule has 1 N–H and O–H groups in total. The summed E-state index contributed by atoms with van der Waals surface area (Å²) in [6.45, 7) is 0.968. The number of hydrogen-bond donors (Lipinski definition) is 1. The Bertz CT molecular complexity index is 1080. The van der Waals surface area contributed by atoms with Crippen molar-refractivity contribution in [2.45, 2.75) is 19.1 Å². The lowest BCUT2D eigenvalue weighted by Crippen LogP contribution is -2.41. The first-order valence-corrected chi connectivity index (χ1v) is 9.69. The Morgan fingerprint density at radius 1 is 1.25 bits per heavy atom. The lowest BCUT2D eigenvalue weighted by molar-refractivity contribution is -0.121. The molecule has 8 heteroatoms. The topological polar surface area (TPSA) is 82.5 Å². The predicted molar refractivity (Wildman–Crippen MR) is 108 cm³/mol. The molecule has 3 aromatic rings. The molecule has 1 amide bonds. The molecule has 1 aromatic heterocycles. The van der Waals surface area contributed by atoms with Crippen molar-refractivity contribution >= 4 is 32.7 Å². The number of aryl methyl sites for hydroxylation is 1. The molecule has 0 saturated heterocycles. The van der Waals surface area contributed by atoms with Crippen LogP contribution in [0.2, 0.25) is 0 Å². The molecule has 0 radical (unpaired) electrons. The van der Waals surface area contributed by atoms with Crippen molar-refractivity contribution in [2.24, 2.45) is 0 Å². The first kappa shape index (κ1) is 18.5. The first-order chi connectivity index (χ1) is 13.6. The van der Waals surface area contributed by atoms with Gasteiger partial charge in [0.1, 0.15) is 12.7 Å².